The van der Waals surface area contributed by atoms with Crippen LogP contribution in [0.25, 0.3) is 5.69 Å². The number of amides is 2. The van der Waals surface area contributed by atoms with Gasteiger partial charge in [0.2, 0.25) is 0 Å². The second-order valence-electron chi connectivity index (χ2n) is 10.2. The van der Waals surface area contributed by atoms with Crippen molar-refractivity contribution in [1.82, 2.24) is 25.1 Å². The molecule has 6 rings (SSSR count). The van der Waals surface area contributed by atoms with Crippen LogP contribution < -0.4 is 14.8 Å². The molecule has 0 saturated carbocycles. The molecule has 1 aliphatic rings. The van der Waals surface area contributed by atoms with Crippen molar-refractivity contribution in [2.24, 2.45) is 5.10 Å². The number of hydrazone groups is 1. The average Bonchev–Trinajstić information content (AvgIpc) is 3.87. The molecule has 1 atom stereocenters. The van der Waals surface area contributed by atoms with Gasteiger partial charge in [0.15, 0.2) is 11.0 Å². The smallest absolute Gasteiger partial charge is 0.261 e. The van der Waals surface area contributed by atoms with Crippen molar-refractivity contribution in [3.05, 3.63) is 118 Å². The van der Waals surface area contributed by atoms with Gasteiger partial charge in [-0.1, -0.05) is 30.0 Å². The minimum atomic E-state index is -0.391. The summed E-state index contributed by atoms with van der Waals surface area (Å²) in [5, 5.41) is 20.0. The maximum Gasteiger partial charge on any atom is 0.261 e. The fraction of sp³-hybridized carbons (Fsp3) is 0.182. The van der Waals surface area contributed by atoms with Crippen molar-refractivity contribution in [2.75, 3.05) is 20.0 Å². The van der Waals surface area contributed by atoms with Gasteiger partial charge in [-0.15, -0.1) is 21.5 Å². The van der Waals surface area contributed by atoms with Gasteiger partial charge in [0, 0.05) is 12.1 Å². The summed E-state index contributed by atoms with van der Waals surface area (Å²) in [5.41, 5.74) is 3.19. The molecular weight excluding hydrogens is 628 g/mol. The zero-order valence-electron chi connectivity index (χ0n) is 24.9. The minimum absolute atomic E-state index is 0.00687. The van der Waals surface area contributed by atoms with Crippen LogP contribution in [0.3, 0.4) is 0 Å². The Labute approximate surface area is 272 Å². The molecule has 0 bridgehead atoms. The Morgan fingerprint density at radius 2 is 1.65 bits per heavy atom. The molecule has 2 aromatic heterocycles. The molecular formula is C33H29FN6O4S2. The maximum absolute atomic E-state index is 13.8. The molecule has 10 nitrogen and oxygen atoms in total. The van der Waals surface area contributed by atoms with E-state index in [9.17, 15) is 14.0 Å². The highest BCUT2D eigenvalue weighted by molar-refractivity contribution is 7.99. The van der Waals surface area contributed by atoms with E-state index in [0.29, 0.717) is 33.7 Å². The highest BCUT2D eigenvalue weighted by Crippen LogP contribution is 2.35. The first-order valence-corrected chi connectivity index (χ1v) is 16.1. The Bertz CT molecular complexity index is 1840. The summed E-state index contributed by atoms with van der Waals surface area (Å²) in [5.74, 6) is 1.03. The first-order valence-electron chi connectivity index (χ1n) is 14.3. The normalized spacial score (nSPS) is 14.2. The Morgan fingerprint density at radius 3 is 2.30 bits per heavy atom. The van der Waals surface area contributed by atoms with Crippen LogP contribution in [0.1, 0.15) is 39.1 Å². The van der Waals surface area contributed by atoms with E-state index in [0.717, 1.165) is 22.6 Å². The number of thiophene rings is 1. The Morgan fingerprint density at radius 1 is 0.957 bits per heavy atom. The van der Waals surface area contributed by atoms with Crippen LogP contribution in [0.15, 0.2) is 101 Å². The molecule has 0 aliphatic carbocycles. The average molecular weight is 657 g/mol. The number of hydrogen-bond donors (Lipinski definition) is 1. The zero-order valence-corrected chi connectivity index (χ0v) is 26.6. The second kappa shape index (κ2) is 14.0. The van der Waals surface area contributed by atoms with Crippen LogP contribution in [0.4, 0.5) is 4.39 Å². The Kier molecular flexibility index (Phi) is 9.41. The summed E-state index contributed by atoms with van der Waals surface area (Å²) in [6.45, 7) is 0.0802. The second-order valence-corrected chi connectivity index (χ2v) is 12.1. The number of nitrogens with one attached hydrogen (secondary N) is 1. The molecule has 13 heteroatoms. The highest BCUT2D eigenvalue weighted by Gasteiger charge is 2.33. The van der Waals surface area contributed by atoms with Gasteiger partial charge in [-0.2, -0.15) is 5.10 Å². The monoisotopic (exact) mass is 656 g/mol. The predicted molar refractivity (Wildman–Crippen MR) is 174 cm³/mol. The van der Waals surface area contributed by atoms with Crippen molar-refractivity contribution in [3.63, 3.8) is 0 Å². The Hall–Kier alpha value is -5.01. The number of rotatable bonds is 11. The van der Waals surface area contributed by atoms with Gasteiger partial charge in [0.25, 0.3) is 11.8 Å². The van der Waals surface area contributed by atoms with Crippen LogP contribution in [-0.4, -0.2) is 57.3 Å². The lowest BCUT2D eigenvalue weighted by molar-refractivity contribution is -0.130. The molecule has 2 amide bonds. The topological polar surface area (TPSA) is 111 Å². The lowest BCUT2D eigenvalue weighted by Crippen LogP contribution is -2.28. The molecule has 46 heavy (non-hydrogen) atoms. The van der Waals surface area contributed by atoms with Crippen LogP contribution in [0.2, 0.25) is 0 Å². The number of carbonyl (C=O) groups excluding carboxylic acids is 2. The molecule has 0 radical (unpaired) electrons. The fourth-order valence-electron chi connectivity index (χ4n) is 4.99. The number of nitrogens with zero attached hydrogens (tertiary/aromatic N) is 5. The zero-order chi connectivity index (χ0) is 32.0. The Balaban J connectivity index is 1.25. The first kappa shape index (κ1) is 31.0. The van der Waals surface area contributed by atoms with E-state index < -0.39 is 5.82 Å². The van der Waals surface area contributed by atoms with E-state index in [2.05, 4.69) is 15.5 Å². The number of methoxy groups -OCH3 is 2. The summed E-state index contributed by atoms with van der Waals surface area (Å²) in [7, 11) is 3.22. The van der Waals surface area contributed by atoms with Crippen molar-refractivity contribution < 1.29 is 23.5 Å². The van der Waals surface area contributed by atoms with Gasteiger partial charge in [0.1, 0.15) is 17.3 Å². The fourth-order valence-corrected chi connectivity index (χ4v) is 6.45. The van der Waals surface area contributed by atoms with Crippen LogP contribution in [-0.2, 0) is 11.3 Å². The lowest BCUT2D eigenvalue weighted by Gasteiger charge is -2.22. The third-order valence-electron chi connectivity index (χ3n) is 7.35. The lowest BCUT2D eigenvalue weighted by atomic mass is 9.98. The summed E-state index contributed by atoms with van der Waals surface area (Å²) < 4.78 is 26.1. The van der Waals surface area contributed by atoms with Crippen molar-refractivity contribution >= 4 is 40.6 Å². The molecule has 0 saturated heterocycles. The van der Waals surface area contributed by atoms with E-state index in [1.54, 1.807) is 43.1 Å². The van der Waals surface area contributed by atoms with Gasteiger partial charge in [-0.25, -0.2) is 9.40 Å². The third-order valence-corrected chi connectivity index (χ3v) is 9.13. The predicted octanol–water partition coefficient (Wildman–Crippen LogP) is 5.89. The maximum atomic E-state index is 13.8. The number of halogens is 1. The van der Waals surface area contributed by atoms with E-state index in [1.807, 2.05) is 53.9 Å². The van der Waals surface area contributed by atoms with Gasteiger partial charge >= 0.3 is 0 Å². The SMILES string of the molecule is COc1ccc(C2=NN(C(=O)CSc3nnc(CNC(=O)c4cccs4)n3-c3ccc(F)cc3)[C@H](c3ccc(OC)cc3)C2)cc1. The van der Waals surface area contributed by atoms with Gasteiger partial charge < -0.3 is 14.8 Å². The van der Waals surface area contributed by atoms with E-state index in [1.165, 1.54) is 40.2 Å². The van der Waals surface area contributed by atoms with E-state index in [-0.39, 0.29) is 30.2 Å². The van der Waals surface area contributed by atoms with Gasteiger partial charge in [-0.05, 0) is 83.2 Å². The number of benzene rings is 3. The number of ether oxygens (including phenoxy) is 2. The number of hydrogen-bond acceptors (Lipinski definition) is 9. The van der Waals surface area contributed by atoms with E-state index >= 15 is 0 Å². The number of aromatic nitrogens is 3. The molecule has 5 aromatic rings. The number of thioether (sulfide) groups is 1. The summed E-state index contributed by atoms with van der Waals surface area (Å²) in [6, 6.07) is 24.3. The molecule has 234 valence electrons. The van der Waals surface area contributed by atoms with E-state index in [4.69, 9.17) is 14.6 Å². The number of carbonyl (C=O) groups is 2. The third kappa shape index (κ3) is 6.80. The molecule has 0 fully saturated rings. The van der Waals surface area contributed by atoms with Crippen LogP contribution >= 0.6 is 23.1 Å². The highest BCUT2D eigenvalue weighted by atomic mass is 32.2. The van der Waals surface area contributed by atoms with Gasteiger partial charge in [-0.3, -0.25) is 14.2 Å². The first-order chi connectivity index (χ1) is 22.4. The summed E-state index contributed by atoms with van der Waals surface area (Å²) >= 11 is 2.52. The molecule has 3 heterocycles. The molecule has 3 aromatic carbocycles. The van der Waals surface area contributed by atoms with Crippen molar-refractivity contribution in [2.45, 2.75) is 24.2 Å². The van der Waals surface area contributed by atoms with Crippen molar-refractivity contribution in [1.29, 1.82) is 0 Å². The quantitative estimate of drug-likeness (QED) is 0.177. The molecule has 0 unspecified atom stereocenters. The largest absolute Gasteiger partial charge is 0.497 e. The van der Waals surface area contributed by atoms with Crippen LogP contribution in [0.5, 0.6) is 11.5 Å². The minimum Gasteiger partial charge on any atom is -0.497 e. The van der Waals surface area contributed by atoms with Crippen LogP contribution in [0, 0.1) is 5.82 Å². The standard InChI is InChI=1S/C33H29FN6O4S2/c1-43-25-13-5-21(6-14-25)27-18-28(22-7-15-26(44-2)16-8-22)40(38-27)31(41)20-46-33-37-36-30(19-35-32(42)29-4-3-17-45-29)39(33)24-11-9-23(34)10-12-24/h3-17,28H,18-20H2,1-2H3,(H,35,42)/t28-/m0/s1. The molecule has 1 aliphatic heterocycles. The summed E-state index contributed by atoms with van der Waals surface area (Å²) in [6.07, 6.45) is 0.523. The summed E-state index contributed by atoms with van der Waals surface area (Å²) in [4.78, 5) is 27.0. The van der Waals surface area contributed by atoms with Crippen molar-refractivity contribution in [3.8, 4) is 17.2 Å². The molecule has 1 N–H and O–H groups in total. The molecule has 0 spiro atoms. The van der Waals surface area contributed by atoms with Gasteiger partial charge in [0.05, 0.1) is 43.1 Å².